The predicted octanol–water partition coefficient (Wildman–Crippen LogP) is 4.08. The zero-order valence-corrected chi connectivity index (χ0v) is 12.2. The molecule has 0 aliphatic heterocycles. The first-order valence-electron chi connectivity index (χ1n) is 6.52. The molecule has 0 bridgehead atoms. The Morgan fingerprint density at radius 2 is 1.70 bits per heavy atom. The number of halogens is 1. The van der Waals surface area contributed by atoms with Crippen molar-refractivity contribution < 1.29 is 9.47 Å². The highest BCUT2D eigenvalue weighted by molar-refractivity contribution is 6.30. The van der Waals surface area contributed by atoms with Gasteiger partial charge in [0.05, 0.1) is 13.2 Å². The van der Waals surface area contributed by atoms with E-state index in [1.54, 1.807) is 0 Å². The molecule has 2 aromatic rings. The Labute approximate surface area is 124 Å². The van der Waals surface area contributed by atoms with Gasteiger partial charge in [0, 0.05) is 17.1 Å². The average molecular weight is 292 g/mol. The molecule has 0 aromatic heterocycles. The molecule has 0 radical (unpaired) electrons. The Bertz CT molecular complexity index is 555. The molecule has 2 N–H and O–H groups in total. The number of nitrogen functional groups attached to an aromatic ring is 1. The van der Waals surface area contributed by atoms with E-state index in [4.69, 9.17) is 26.8 Å². The molecular weight excluding hydrogens is 274 g/mol. The van der Waals surface area contributed by atoms with Crippen molar-refractivity contribution in [1.82, 2.24) is 0 Å². The quantitative estimate of drug-likeness (QED) is 0.644. The van der Waals surface area contributed by atoms with Gasteiger partial charge in [0.2, 0.25) is 0 Å². The van der Waals surface area contributed by atoms with Gasteiger partial charge in [-0.25, -0.2) is 0 Å². The van der Waals surface area contributed by atoms with Crippen LogP contribution < -0.4 is 15.2 Å². The summed E-state index contributed by atoms with van der Waals surface area (Å²) in [4.78, 5) is 0. The summed E-state index contributed by atoms with van der Waals surface area (Å²) < 4.78 is 11.3. The lowest BCUT2D eigenvalue weighted by molar-refractivity contribution is 0.246. The summed E-state index contributed by atoms with van der Waals surface area (Å²) in [5.74, 6) is 1.68. The fourth-order valence-corrected chi connectivity index (χ4v) is 2.00. The van der Waals surface area contributed by atoms with Crippen LogP contribution in [0.1, 0.15) is 12.0 Å². The standard InChI is InChI=1S/C16H18ClNO2/c1-12-11-13(17)3-8-16(12)20-10-2-9-19-15-6-4-14(18)5-7-15/h3-8,11H,2,9-10,18H2,1H3. The van der Waals surface area contributed by atoms with Gasteiger partial charge >= 0.3 is 0 Å². The zero-order valence-electron chi connectivity index (χ0n) is 11.4. The Kier molecular flexibility index (Phi) is 5.13. The summed E-state index contributed by atoms with van der Waals surface area (Å²) in [6.07, 6.45) is 0.812. The molecule has 0 amide bonds. The molecule has 3 nitrogen and oxygen atoms in total. The highest BCUT2D eigenvalue weighted by atomic mass is 35.5. The fourth-order valence-electron chi connectivity index (χ4n) is 1.77. The third-order valence-electron chi connectivity index (χ3n) is 2.83. The van der Waals surface area contributed by atoms with Crippen LogP contribution in [0.5, 0.6) is 11.5 Å². The van der Waals surface area contributed by atoms with Crippen LogP contribution in [-0.4, -0.2) is 13.2 Å². The van der Waals surface area contributed by atoms with Gasteiger partial charge < -0.3 is 15.2 Å². The second-order valence-electron chi connectivity index (χ2n) is 4.53. The molecular formula is C16H18ClNO2. The second-order valence-corrected chi connectivity index (χ2v) is 4.97. The second kappa shape index (κ2) is 7.06. The van der Waals surface area contributed by atoms with E-state index in [1.165, 1.54) is 0 Å². The van der Waals surface area contributed by atoms with E-state index < -0.39 is 0 Å². The molecule has 0 saturated carbocycles. The van der Waals surface area contributed by atoms with Crippen LogP contribution in [0.3, 0.4) is 0 Å². The molecule has 106 valence electrons. The van der Waals surface area contributed by atoms with E-state index in [2.05, 4.69) is 0 Å². The van der Waals surface area contributed by atoms with Gasteiger partial charge in [-0.15, -0.1) is 0 Å². The summed E-state index contributed by atoms with van der Waals surface area (Å²) in [6, 6.07) is 13.0. The number of hydrogen-bond donors (Lipinski definition) is 1. The van der Waals surface area contributed by atoms with E-state index in [1.807, 2.05) is 49.4 Å². The van der Waals surface area contributed by atoms with Gasteiger partial charge in [-0.2, -0.15) is 0 Å². The number of hydrogen-bond acceptors (Lipinski definition) is 3. The minimum atomic E-state index is 0.608. The number of aryl methyl sites for hydroxylation is 1. The maximum Gasteiger partial charge on any atom is 0.122 e. The molecule has 0 heterocycles. The number of ether oxygens (including phenoxy) is 2. The van der Waals surface area contributed by atoms with Crippen molar-refractivity contribution in [2.45, 2.75) is 13.3 Å². The van der Waals surface area contributed by atoms with E-state index in [9.17, 15) is 0 Å². The van der Waals surface area contributed by atoms with Gasteiger partial charge in [0.15, 0.2) is 0 Å². The summed E-state index contributed by atoms with van der Waals surface area (Å²) in [5.41, 5.74) is 7.38. The maximum atomic E-state index is 5.90. The van der Waals surface area contributed by atoms with Crippen LogP contribution in [0.15, 0.2) is 42.5 Å². The number of rotatable bonds is 6. The van der Waals surface area contributed by atoms with Gasteiger partial charge in [-0.3, -0.25) is 0 Å². The Hall–Kier alpha value is -1.87. The highest BCUT2D eigenvalue weighted by Gasteiger charge is 2.00. The number of nitrogens with two attached hydrogens (primary N) is 1. The van der Waals surface area contributed by atoms with Gasteiger partial charge in [-0.1, -0.05) is 11.6 Å². The summed E-state index contributed by atoms with van der Waals surface area (Å²) in [6.45, 7) is 3.19. The minimum absolute atomic E-state index is 0.608. The van der Waals surface area contributed by atoms with Crippen LogP contribution in [0.2, 0.25) is 5.02 Å². The summed E-state index contributed by atoms with van der Waals surface area (Å²) in [7, 11) is 0. The molecule has 2 rings (SSSR count). The van der Waals surface area contributed by atoms with Crippen molar-refractivity contribution in [3.63, 3.8) is 0 Å². The van der Waals surface area contributed by atoms with E-state index >= 15 is 0 Å². The van der Waals surface area contributed by atoms with E-state index in [0.717, 1.165) is 34.2 Å². The van der Waals surface area contributed by atoms with Crippen molar-refractivity contribution >= 4 is 17.3 Å². The first-order valence-corrected chi connectivity index (χ1v) is 6.90. The SMILES string of the molecule is Cc1cc(Cl)ccc1OCCCOc1ccc(N)cc1. The van der Waals surface area contributed by atoms with Crippen LogP contribution in [0.4, 0.5) is 5.69 Å². The van der Waals surface area contributed by atoms with Crippen molar-refractivity contribution in [3.8, 4) is 11.5 Å². The smallest absolute Gasteiger partial charge is 0.122 e. The normalized spacial score (nSPS) is 10.3. The molecule has 0 aliphatic carbocycles. The fraction of sp³-hybridized carbons (Fsp3) is 0.250. The van der Waals surface area contributed by atoms with Crippen molar-refractivity contribution in [1.29, 1.82) is 0 Å². The van der Waals surface area contributed by atoms with E-state index in [-0.39, 0.29) is 0 Å². The molecule has 0 aliphatic rings. The molecule has 0 unspecified atom stereocenters. The lowest BCUT2D eigenvalue weighted by Gasteiger charge is -2.10. The maximum absolute atomic E-state index is 5.90. The minimum Gasteiger partial charge on any atom is -0.493 e. The molecule has 20 heavy (non-hydrogen) atoms. The van der Waals surface area contributed by atoms with E-state index in [0.29, 0.717) is 13.2 Å². The summed E-state index contributed by atoms with van der Waals surface area (Å²) in [5, 5.41) is 0.724. The third kappa shape index (κ3) is 4.35. The Morgan fingerprint density at radius 3 is 2.40 bits per heavy atom. The first-order chi connectivity index (χ1) is 9.65. The monoisotopic (exact) mass is 291 g/mol. The number of benzene rings is 2. The van der Waals surface area contributed by atoms with Crippen molar-refractivity contribution in [2.75, 3.05) is 18.9 Å². The lowest BCUT2D eigenvalue weighted by Crippen LogP contribution is -2.05. The Morgan fingerprint density at radius 1 is 1.00 bits per heavy atom. The molecule has 0 saturated heterocycles. The molecule has 0 spiro atoms. The van der Waals surface area contributed by atoms with Crippen molar-refractivity contribution in [2.24, 2.45) is 0 Å². The molecule has 0 atom stereocenters. The average Bonchev–Trinajstić information content (AvgIpc) is 2.42. The largest absolute Gasteiger partial charge is 0.493 e. The van der Waals surface area contributed by atoms with Crippen LogP contribution >= 0.6 is 11.6 Å². The van der Waals surface area contributed by atoms with Gasteiger partial charge in [-0.05, 0) is 55.0 Å². The molecule has 2 aromatic carbocycles. The molecule has 4 heteroatoms. The predicted molar refractivity (Wildman–Crippen MR) is 82.7 cm³/mol. The zero-order chi connectivity index (χ0) is 14.4. The third-order valence-corrected chi connectivity index (χ3v) is 3.07. The summed E-state index contributed by atoms with van der Waals surface area (Å²) >= 11 is 5.90. The van der Waals surface area contributed by atoms with Gasteiger partial charge in [0.1, 0.15) is 11.5 Å². The van der Waals surface area contributed by atoms with Crippen LogP contribution in [0.25, 0.3) is 0 Å². The first kappa shape index (κ1) is 14.5. The highest BCUT2D eigenvalue weighted by Crippen LogP contribution is 2.21. The Balaban J connectivity index is 1.70. The van der Waals surface area contributed by atoms with Crippen LogP contribution in [-0.2, 0) is 0 Å². The molecule has 0 fully saturated rings. The van der Waals surface area contributed by atoms with Crippen molar-refractivity contribution in [3.05, 3.63) is 53.1 Å². The van der Waals surface area contributed by atoms with Gasteiger partial charge in [0.25, 0.3) is 0 Å². The topological polar surface area (TPSA) is 44.5 Å². The van der Waals surface area contributed by atoms with Crippen LogP contribution in [0, 0.1) is 6.92 Å². The number of anilines is 1. The lowest BCUT2D eigenvalue weighted by atomic mass is 10.2.